The highest BCUT2D eigenvalue weighted by atomic mass is 32.2. The topological polar surface area (TPSA) is 108 Å². The Morgan fingerprint density at radius 1 is 1.15 bits per heavy atom. The number of para-hydroxylation sites is 1. The Labute approximate surface area is 199 Å². The first-order valence-corrected chi connectivity index (χ1v) is 12.6. The Morgan fingerprint density at radius 3 is 2.52 bits per heavy atom. The normalized spacial score (nSPS) is 18.9. The fourth-order valence-electron chi connectivity index (χ4n) is 4.04. The van der Waals surface area contributed by atoms with Gasteiger partial charge in [-0.2, -0.15) is 16.7 Å². The van der Waals surface area contributed by atoms with Gasteiger partial charge in [0.25, 0.3) is 0 Å². The fraction of sp³-hybridized carbons (Fsp3) is 0.565. The molecule has 1 saturated carbocycles. The second kappa shape index (κ2) is 11.9. The second-order valence-electron chi connectivity index (χ2n) is 8.45. The van der Waals surface area contributed by atoms with Gasteiger partial charge in [-0.25, -0.2) is 14.6 Å². The van der Waals surface area contributed by atoms with Gasteiger partial charge in [-0.1, -0.05) is 12.1 Å². The van der Waals surface area contributed by atoms with Gasteiger partial charge in [-0.05, 0) is 56.2 Å². The van der Waals surface area contributed by atoms with E-state index in [1.807, 2.05) is 49.5 Å². The van der Waals surface area contributed by atoms with Crippen LogP contribution in [0.1, 0.15) is 32.1 Å². The van der Waals surface area contributed by atoms with Gasteiger partial charge < -0.3 is 25.6 Å². The van der Waals surface area contributed by atoms with Crippen LogP contribution in [0.15, 0.2) is 24.3 Å². The molecule has 1 heterocycles. The summed E-state index contributed by atoms with van der Waals surface area (Å²) in [7, 11) is 5.29. The molecule has 0 radical (unpaired) electrons. The van der Waals surface area contributed by atoms with E-state index >= 15 is 0 Å². The van der Waals surface area contributed by atoms with E-state index in [0.29, 0.717) is 12.4 Å². The number of ether oxygens (including phenoxy) is 1. The molecule has 3 rings (SSSR count). The van der Waals surface area contributed by atoms with Crippen molar-refractivity contribution in [3.8, 4) is 0 Å². The number of fused-ring (bicyclic) bond motifs is 1. The standard InChI is InChI=1S/C23H34N6O3S/c1-29(2)20-17-7-5-6-8-18(17)26-22(28-20)24-15-9-11-16(12-10-15)25-23(31)27-19(13-14-33-4)21(30)32-3/h5-8,15-16,19H,9-14H2,1-4H3,(H,24,26,28)(H2,25,27,31)/t15-,16+,19?. The quantitative estimate of drug-likeness (QED) is 0.476. The van der Waals surface area contributed by atoms with Crippen LogP contribution in [0, 0.1) is 0 Å². The zero-order chi connectivity index (χ0) is 23.8. The van der Waals surface area contributed by atoms with Crippen LogP contribution in [0.2, 0.25) is 0 Å². The third kappa shape index (κ3) is 6.86. The smallest absolute Gasteiger partial charge is 0.328 e. The lowest BCUT2D eigenvalue weighted by atomic mass is 9.91. The van der Waals surface area contributed by atoms with Crippen LogP contribution in [0.3, 0.4) is 0 Å². The first-order chi connectivity index (χ1) is 15.9. The molecule has 1 aromatic carbocycles. The summed E-state index contributed by atoms with van der Waals surface area (Å²) < 4.78 is 4.81. The van der Waals surface area contributed by atoms with Crippen molar-refractivity contribution in [2.75, 3.05) is 43.4 Å². The maximum atomic E-state index is 12.4. The summed E-state index contributed by atoms with van der Waals surface area (Å²) >= 11 is 1.62. The Kier molecular flexibility index (Phi) is 8.99. The summed E-state index contributed by atoms with van der Waals surface area (Å²) in [5.41, 5.74) is 0.910. The highest BCUT2D eigenvalue weighted by molar-refractivity contribution is 7.98. The van der Waals surface area contributed by atoms with E-state index < -0.39 is 12.0 Å². The predicted octanol–water partition coefficient (Wildman–Crippen LogP) is 3.01. The molecule has 33 heavy (non-hydrogen) atoms. The van der Waals surface area contributed by atoms with Crippen LogP contribution in [0.4, 0.5) is 16.6 Å². The molecule has 3 N–H and O–H groups in total. The first-order valence-electron chi connectivity index (χ1n) is 11.3. The molecule has 1 aromatic heterocycles. The van der Waals surface area contributed by atoms with E-state index in [1.54, 1.807) is 11.8 Å². The van der Waals surface area contributed by atoms with Gasteiger partial charge in [0.15, 0.2) is 0 Å². The Hall–Kier alpha value is -2.75. The molecule has 10 heteroatoms. The van der Waals surface area contributed by atoms with E-state index in [9.17, 15) is 9.59 Å². The van der Waals surface area contributed by atoms with E-state index in [-0.39, 0.29) is 18.1 Å². The molecule has 0 spiro atoms. The molecule has 1 aliphatic carbocycles. The highest BCUT2D eigenvalue weighted by Crippen LogP contribution is 2.26. The predicted molar refractivity (Wildman–Crippen MR) is 134 cm³/mol. The van der Waals surface area contributed by atoms with Crippen molar-refractivity contribution < 1.29 is 14.3 Å². The molecule has 9 nitrogen and oxygen atoms in total. The molecule has 0 aliphatic heterocycles. The SMILES string of the molecule is COC(=O)C(CCSC)NC(=O)N[C@H]1CC[C@@H](Nc2nc(N(C)C)c3ccccc3n2)CC1. The monoisotopic (exact) mass is 474 g/mol. The fourth-order valence-corrected chi connectivity index (χ4v) is 4.51. The summed E-state index contributed by atoms with van der Waals surface area (Å²) in [6.45, 7) is 0. The van der Waals surface area contributed by atoms with Crippen molar-refractivity contribution in [3.05, 3.63) is 24.3 Å². The average molecular weight is 475 g/mol. The van der Waals surface area contributed by atoms with Gasteiger partial charge in [0.1, 0.15) is 11.9 Å². The average Bonchev–Trinajstić information content (AvgIpc) is 2.81. The molecule has 0 saturated heterocycles. The van der Waals surface area contributed by atoms with E-state index in [0.717, 1.165) is 48.2 Å². The maximum Gasteiger partial charge on any atom is 0.328 e. The number of nitrogens with one attached hydrogen (secondary N) is 3. The molecule has 2 aromatic rings. The highest BCUT2D eigenvalue weighted by Gasteiger charge is 2.26. The number of carbonyl (C=O) groups excluding carboxylic acids is 2. The molecule has 1 fully saturated rings. The van der Waals surface area contributed by atoms with Crippen LogP contribution >= 0.6 is 11.8 Å². The van der Waals surface area contributed by atoms with Gasteiger partial charge >= 0.3 is 12.0 Å². The third-order valence-electron chi connectivity index (χ3n) is 5.80. The van der Waals surface area contributed by atoms with E-state index in [1.165, 1.54) is 7.11 Å². The van der Waals surface area contributed by atoms with Crippen molar-refractivity contribution >= 4 is 46.4 Å². The van der Waals surface area contributed by atoms with Gasteiger partial charge in [0.2, 0.25) is 5.95 Å². The molecule has 0 bridgehead atoms. The minimum absolute atomic E-state index is 0.0664. The van der Waals surface area contributed by atoms with Crippen molar-refractivity contribution in [1.82, 2.24) is 20.6 Å². The number of rotatable bonds is 9. The Morgan fingerprint density at radius 2 is 1.85 bits per heavy atom. The number of amides is 2. The number of esters is 1. The first kappa shape index (κ1) is 24.9. The molecule has 180 valence electrons. The van der Waals surface area contributed by atoms with Crippen molar-refractivity contribution in [2.24, 2.45) is 0 Å². The zero-order valence-electron chi connectivity index (χ0n) is 19.8. The van der Waals surface area contributed by atoms with E-state index in [2.05, 4.69) is 20.9 Å². The third-order valence-corrected chi connectivity index (χ3v) is 6.45. The lowest BCUT2D eigenvalue weighted by molar-refractivity contribution is -0.142. The number of carbonyl (C=O) groups is 2. The van der Waals surface area contributed by atoms with Gasteiger partial charge in [-0.15, -0.1) is 0 Å². The minimum Gasteiger partial charge on any atom is -0.467 e. The van der Waals surface area contributed by atoms with Gasteiger partial charge in [0.05, 0.1) is 12.6 Å². The number of aromatic nitrogens is 2. The summed E-state index contributed by atoms with van der Waals surface area (Å²) in [5, 5.41) is 10.3. The number of hydrogen-bond donors (Lipinski definition) is 3. The van der Waals surface area contributed by atoms with Crippen LogP contribution in [0.5, 0.6) is 0 Å². The van der Waals surface area contributed by atoms with Crippen molar-refractivity contribution in [2.45, 2.75) is 50.2 Å². The lowest BCUT2D eigenvalue weighted by Crippen LogP contribution is -2.50. The van der Waals surface area contributed by atoms with Crippen molar-refractivity contribution in [1.29, 1.82) is 0 Å². The van der Waals surface area contributed by atoms with Crippen LogP contribution in [-0.2, 0) is 9.53 Å². The summed E-state index contributed by atoms with van der Waals surface area (Å²) in [6.07, 6.45) is 5.97. The molecular weight excluding hydrogens is 440 g/mol. The van der Waals surface area contributed by atoms with Gasteiger partial charge in [0, 0.05) is 31.6 Å². The number of nitrogens with zero attached hydrogens (tertiary/aromatic N) is 3. The lowest BCUT2D eigenvalue weighted by Gasteiger charge is -2.30. The number of anilines is 2. The zero-order valence-corrected chi connectivity index (χ0v) is 20.6. The molecule has 1 atom stereocenters. The number of urea groups is 1. The maximum absolute atomic E-state index is 12.4. The number of methoxy groups -OCH3 is 1. The van der Waals surface area contributed by atoms with Crippen LogP contribution in [0.25, 0.3) is 10.9 Å². The molecule has 2 amide bonds. The van der Waals surface area contributed by atoms with Crippen molar-refractivity contribution in [3.63, 3.8) is 0 Å². The molecule has 1 aliphatic rings. The van der Waals surface area contributed by atoms with Gasteiger partial charge in [-0.3, -0.25) is 0 Å². The van der Waals surface area contributed by atoms with Crippen LogP contribution in [-0.4, -0.2) is 73.3 Å². The molecule has 1 unspecified atom stereocenters. The number of benzene rings is 1. The number of hydrogen-bond acceptors (Lipinski definition) is 8. The van der Waals surface area contributed by atoms with E-state index in [4.69, 9.17) is 9.72 Å². The Bertz CT molecular complexity index is 949. The second-order valence-corrected chi connectivity index (χ2v) is 9.44. The van der Waals surface area contributed by atoms with Crippen LogP contribution < -0.4 is 20.9 Å². The summed E-state index contributed by atoms with van der Waals surface area (Å²) in [5.74, 6) is 1.86. The Balaban J connectivity index is 1.53. The largest absolute Gasteiger partial charge is 0.467 e. The molecular formula is C23H34N6O3S. The summed E-state index contributed by atoms with van der Waals surface area (Å²) in [6, 6.07) is 7.35. The summed E-state index contributed by atoms with van der Waals surface area (Å²) in [4.78, 5) is 35.7. The number of thioether (sulfide) groups is 1. The minimum atomic E-state index is -0.628.